The minimum Gasteiger partial charge on any atom is -0.365 e. The van der Waals surface area contributed by atoms with E-state index in [4.69, 9.17) is 0 Å². The molecule has 0 saturated carbocycles. The summed E-state index contributed by atoms with van der Waals surface area (Å²) in [4.78, 5) is 0. The van der Waals surface area contributed by atoms with Gasteiger partial charge < -0.3 is 5.32 Å². The number of benzene rings is 2. The van der Waals surface area contributed by atoms with Gasteiger partial charge in [-0.1, -0.05) is 42.5 Å². The van der Waals surface area contributed by atoms with Crippen LogP contribution in [0.2, 0.25) is 0 Å². The van der Waals surface area contributed by atoms with Gasteiger partial charge in [0.25, 0.3) is 0 Å². The number of hydrogen-bond acceptors (Lipinski definition) is 2. The minimum absolute atomic E-state index is 0.157. The van der Waals surface area contributed by atoms with Crippen molar-refractivity contribution in [3.63, 3.8) is 0 Å². The van der Waals surface area contributed by atoms with Gasteiger partial charge in [0.2, 0.25) is 0 Å². The molecule has 3 rings (SSSR count). The number of alkyl halides is 3. The molecule has 2 nitrogen and oxygen atoms in total. The van der Waals surface area contributed by atoms with Gasteiger partial charge in [-0.3, -0.25) is 5.32 Å². The van der Waals surface area contributed by atoms with Crippen LogP contribution in [0.3, 0.4) is 0 Å². The normalized spacial score (nSPS) is 17.5. The Morgan fingerprint density at radius 2 is 1.68 bits per heavy atom. The van der Waals surface area contributed by atoms with Gasteiger partial charge in [-0.2, -0.15) is 13.2 Å². The van der Waals surface area contributed by atoms with Crippen molar-refractivity contribution in [3.05, 3.63) is 70.8 Å². The minimum atomic E-state index is -4.38. The van der Waals surface area contributed by atoms with Crippen LogP contribution >= 0.6 is 0 Å². The predicted molar refractivity (Wildman–Crippen MR) is 80.7 cm³/mol. The van der Waals surface area contributed by atoms with E-state index in [2.05, 4.69) is 10.6 Å². The van der Waals surface area contributed by atoms with Crippen molar-refractivity contribution in [3.8, 4) is 0 Å². The van der Waals surface area contributed by atoms with Crippen LogP contribution in [0, 0.1) is 0 Å². The number of halogens is 3. The highest BCUT2D eigenvalue weighted by atomic mass is 19.4. The lowest BCUT2D eigenvalue weighted by Gasteiger charge is -2.29. The molecule has 0 fully saturated rings. The third kappa shape index (κ3) is 2.60. The van der Waals surface area contributed by atoms with E-state index in [0.717, 1.165) is 17.2 Å². The molecule has 2 N–H and O–H groups in total. The fourth-order valence-corrected chi connectivity index (χ4v) is 2.68. The molecule has 1 heterocycles. The number of fused-ring (bicyclic) bond motifs is 1. The first-order valence-electron chi connectivity index (χ1n) is 6.92. The lowest BCUT2D eigenvalue weighted by atomic mass is 9.95. The molecule has 5 heteroatoms. The fraction of sp³-hybridized carbons (Fsp3) is 0.176. The third-order valence-corrected chi connectivity index (χ3v) is 3.72. The monoisotopic (exact) mass is 304 g/mol. The van der Waals surface area contributed by atoms with Crippen molar-refractivity contribution in [2.75, 3.05) is 7.05 Å². The van der Waals surface area contributed by atoms with E-state index in [1.54, 1.807) is 19.2 Å². The summed E-state index contributed by atoms with van der Waals surface area (Å²) in [7, 11) is 1.77. The van der Waals surface area contributed by atoms with Crippen LogP contribution < -0.4 is 10.6 Å². The molecule has 1 aliphatic heterocycles. The smallest absolute Gasteiger partial charge is 0.365 e. The average Bonchev–Trinajstić information content (AvgIpc) is 2.53. The second-order valence-electron chi connectivity index (χ2n) is 5.10. The van der Waals surface area contributed by atoms with Crippen molar-refractivity contribution in [2.45, 2.75) is 12.3 Å². The van der Waals surface area contributed by atoms with Crippen LogP contribution in [-0.2, 0) is 6.18 Å². The highest BCUT2D eigenvalue weighted by Crippen LogP contribution is 2.37. The number of nitrogens with one attached hydrogen (secondary N) is 2. The molecule has 0 spiro atoms. The SMILES string of the molecule is CNC1NC(c2ccccc2C(F)(F)F)=Cc2ccccc21. The van der Waals surface area contributed by atoms with E-state index in [9.17, 15) is 13.2 Å². The van der Waals surface area contributed by atoms with E-state index in [1.165, 1.54) is 12.1 Å². The van der Waals surface area contributed by atoms with Gasteiger partial charge in [0.05, 0.1) is 5.56 Å². The molecule has 0 aliphatic carbocycles. The maximum Gasteiger partial charge on any atom is 0.417 e. The predicted octanol–water partition coefficient (Wildman–Crippen LogP) is 4.02. The molecular formula is C17H15F3N2. The Labute approximate surface area is 126 Å². The van der Waals surface area contributed by atoms with Crippen LogP contribution in [-0.4, -0.2) is 7.05 Å². The Kier molecular flexibility index (Phi) is 3.66. The molecule has 1 unspecified atom stereocenters. The Morgan fingerprint density at radius 1 is 1.00 bits per heavy atom. The zero-order valence-corrected chi connectivity index (χ0v) is 11.9. The second kappa shape index (κ2) is 5.50. The van der Waals surface area contributed by atoms with Crippen LogP contribution in [0.15, 0.2) is 48.5 Å². The summed E-state index contributed by atoms with van der Waals surface area (Å²) < 4.78 is 39.6. The lowest BCUT2D eigenvalue weighted by Crippen LogP contribution is -2.33. The van der Waals surface area contributed by atoms with Gasteiger partial charge in [-0.25, -0.2) is 0 Å². The second-order valence-corrected chi connectivity index (χ2v) is 5.10. The zero-order valence-electron chi connectivity index (χ0n) is 11.9. The molecular weight excluding hydrogens is 289 g/mol. The highest BCUT2D eigenvalue weighted by molar-refractivity contribution is 5.84. The Bertz CT molecular complexity index is 720. The molecule has 0 amide bonds. The first kappa shape index (κ1) is 14.7. The summed E-state index contributed by atoms with van der Waals surface area (Å²) >= 11 is 0. The van der Waals surface area contributed by atoms with Crippen molar-refractivity contribution in [1.29, 1.82) is 0 Å². The topological polar surface area (TPSA) is 24.1 Å². The van der Waals surface area contributed by atoms with E-state index in [1.807, 2.05) is 24.3 Å². The molecule has 2 aromatic rings. The molecule has 0 radical (unpaired) electrons. The molecule has 114 valence electrons. The van der Waals surface area contributed by atoms with E-state index in [0.29, 0.717) is 5.70 Å². The molecule has 1 atom stereocenters. The van der Waals surface area contributed by atoms with Crippen molar-refractivity contribution in [2.24, 2.45) is 0 Å². The van der Waals surface area contributed by atoms with Crippen LogP contribution in [0.1, 0.15) is 28.4 Å². The van der Waals surface area contributed by atoms with Gasteiger partial charge >= 0.3 is 6.18 Å². The summed E-state index contributed by atoms with van der Waals surface area (Å²) in [6, 6.07) is 13.2. The number of rotatable bonds is 2. The van der Waals surface area contributed by atoms with Crippen molar-refractivity contribution >= 4 is 11.8 Å². The summed E-state index contributed by atoms with van der Waals surface area (Å²) in [6.45, 7) is 0. The highest BCUT2D eigenvalue weighted by Gasteiger charge is 2.34. The largest absolute Gasteiger partial charge is 0.417 e. The molecule has 0 bridgehead atoms. The number of hydrogen-bond donors (Lipinski definition) is 2. The molecule has 0 aromatic heterocycles. The molecule has 2 aromatic carbocycles. The quantitative estimate of drug-likeness (QED) is 0.875. The first-order chi connectivity index (χ1) is 10.5. The van der Waals surface area contributed by atoms with E-state index >= 15 is 0 Å². The summed E-state index contributed by atoms with van der Waals surface area (Å²) in [5.74, 6) is 0. The van der Waals surface area contributed by atoms with Crippen LogP contribution in [0.25, 0.3) is 11.8 Å². The van der Waals surface area contributed by atoms with Crippen LogP contribution in [0.5, 0.6) is 0 Å². The summed E-state index contributed by atoms with van der Waals surface area (Å²) in [6.07, 6.45) is -2.85. The maximum atomic E-state index is 13.2. The Morgan fingerprint density at radius 3 is 2.41 bits per heavy atom. The van der Waals surface area contributed by atoms with E-state index in [-0.39, 0.29) is 11.7 Å². The maximum absolute atomic E-state index is 13.2. The van der Waals surface area contributed by atoms with Crippen molar-refractivity contribution < 1.29 is 13.2 Å². The molecule has 22 heavy (non-hydrogen) atoms. The van der Waals surface area contributed by atoms with Gasteiger partial charge in [0, 0.05) is 11.3 Å². The summed E-state index contributed by atoms with van der Waals surface area (Å²) in [5, 5.41) is 6.22. The first-order valence-corrected chi connectivity index (χ1v) is 6.92. The van der Waals surface area contributed by atoms with Crippen molar-refractivity contribution in [1.82, 2.24) is 10.6 Å². The third-order valence-electron chi connectivity index (χ3n) is 3.72. The van der Waals surface area contributed by atoms with Crippen LogP contribution in [0.4, 0.5) is 13.2 Å². The Hall–Kier alpha value is -2.27. The van der Waals surface area contributed by atoms with E-state index < -0.39 is 11.7 Å². The standard InChI is InChI=1S/C17H15F3N2/c1-21-16-12-7-3-2-6-11(12)10-15(22-16)13-8-4-5-9-14(13)17(18,19)20/h2-10,16,21-22H,1H3. The fourth-order valence-electron chi connectivity index (χ4n) is 2.68. The van der Waals surface area contributed by atoms with Gasteiger partial charge in [0.15, 0.2) is 0 Å². The zero-order chi connectivity index (χ0) is 15.7. The average molecular weight is 304 g/mol. The Balaban J connectivity index is 2.13. The summed E-state index contributed by atoms with van der Waals surface area (Å²) in [5.41, 5.74) is 1.91. The van der Waals surface area contributed by atoms with Gasteiger partial charge in [-0.05, 0) is 30.3 Å². The van der Waals surface area contributed by atoms with Gasteiger partial charge in [0.1, 0.15) is 6.17 Å². The molecule has 0 saturated heterocycles. The van der Waals surface area contributed by atoms with Gasteiger partial charge in [-0.15, -0.1) is 0 Å². The lowest BCUT2D eigenvalue weighted by molar-refractivity contribution is -0.137. The molecule has 1 aliphatic rings.